The molecule has 1 nitrogen and oxygen atoms in total. The monoisotopic (exact) mass is 249 g/mol. The summed E-state index contributed by atoms with van der Waals surface area (Å²) >= 11 is 0. The molecule has 1 fully saturated rings. The molecule has 0 aliphatic carbocycles. The van der Waals surface area contributed by atoms with E-state index in [1.807, 2.05) is 0 Å². The van der Waals surface area contributed by atoms with Crippen LogP contribution in [0.4, 0.5) is 26.3 Å². The minimum atomic E-state index is -5.24. The van der Waals surface area contributed by atoms with Gasteiger partial charge >= 0.3 is 12.4 Å². The molecule has 0 radical (unpaired) electrons. The normalized spacial score (nSPS) is 23.1. The summed E-state index contributed by atoms with van der Waals surface area (Å²) in [6, 6.07) is -0.313. The average Bonchev–Trinajstić information content (AvgIpc) is 2.44. The zero-order chi connectivity index (χ0) is 12.8. The fourth-order valence-corrected chi connectivity index (χ4v) is 1.90. The number of nitrogens with zero attached hydrogens (tertiary/aromatic N) is 1. The predicted octanol–water partition coefficient (Wildman–Crippen LogP) is 3.21. The van der Waals surface area contributed by atoms with Crippen molar-refractivity contribution in [2.75, 3.05) is 13.1 Å². The van der Waals surface area contributed by atoms with Gasteiger partial charge in [-0.2, -0.15) is 26.3 Å². The number of halogens is 6. The molecular weight excluding hydrogens is 236 g/mol. The molecule has 0 saturated carbocycles. The van der Waals surface area contributed by atoms with Crippen LogP contribution in [0.15, 0.2) is 0 Å². The zero-order valence-electron chi connectivity index (χ0n) is 8.91. The Morgan fingerprint density at radius 2 is 1.44 bits per heavy atom. The van der Waals surface area contributed by atoms with Gasteiger partial charge in [0.15, 0.2) is 5.41 Å². The second-order valence-electron chi connectivity index (χ2n) is 4.39. The van der Waals surface area contributed by atoms with Crippen LogP contribution >= 0.6 is 0 Å². The van der Waals surface area contributed by atoms with Crippen molar-refractivity contribution in [3.8, 4) is 0 Å². The second kappa shape index (κ2) is 3.78. The highest BCUT2D eigenvalue weighted by molar-refractivity contribution is 5.01. The van der Waals surface area contributed by atoms with Crippen LogP contribution in [0.25, 0.3) is 0 Å². The Morgan fingerprint density at radius 1 is 1.00 bits per heavy atom. The molecule has 0 aromatic carbocycles. The number of hydrogen-bond donors (Lipinski definition) is 0. The van der Waals surface area contributed by atoms with Gasteiger partial charge in [0.25, 0.3) is 0 Å². The van der Waals surface area contributed by atoms with E-state index in [0.717, 1.165) is 0 Å². The van der Waals surface area contributed by atoms with Crippen molar-refractivity contribution in [2.45, 2.75) is 38.7 Å². The molecule has 96 valence electrons. The maximum Gasteiger partial charge on any atom is 0.404 e. The number of rotatable bonds is 1. The molecule has 0 atom stereocenters. The maximum absolute atomic E-state index is 12.6. The highest BCUT2D eigenvalue weighted by atomic mass is 19.4. The number of alkyl halides is 6. The molecule has 0 aromatic heterocycles. The third-order valence-corrected chi connectivity index (χ3v) is 3.11. The Kier molecular flexibility index (Phi) is 3.22. The van der Waals surface area contributed by atoms with E-state index in [1.54, 1.807) is 13.8 Å². The van der Waals surface area contributed by atoms with Gasteiger partial charge < -0.3 is 0 Å². The molecule has 0 N–H and O–H groups in total. The fraction of sp³-hybridized carbons (Fsp3) is 1.00. The first-order chi connectivity index (χ1) is 7.01. The van der Waals surface area contributed by atoms with E-state index in [0.29, 0.717) is 0 Å². The third-order valence-electron chi connectivity index (χ3n) is 3.11. The van der Waals surface area contributed by atoms with E-state index >= 15 is 0 Å². The van der Waals surface area contributed by atoms with Gasteiger partial charge in [0, 0.05) is 12.6 Å². The van der Waals surface area contributed by atoms with E-state index in [-0.39, 0.29) is 12.6 Å². The Hall–Kier alpha value is -0.460. The minimum Gasteiger partial charge on any atom is -0.300 e. The fourth-order valence-electron chi connectivity index (χ4n) is 1.90. The molecule has 1 aliphatic heterocycles. The molecule has 7 heteroatoms. The van der Waals surface area contributed by atoms with E-state index < -0.39 is 30.7 Å². The molecule has 0 spiro atoms. The van der Waals surface area contributed by atoms with Gasteiger partial charge in [0.2, 0.25) is 0 Å². The predicted molar refractivity (Wildman–Crippen MR) is 45.9 cm³/mol. The van der Waals surface area contributed by atoms with Gasteiger partial charge in [-0.3, -0.25) is 4.90 Å². The van der Waals surface area contributed by atoms with E-state index in [4.69, 9.17) is 0 Å². The van der Waals surface area contributed by atoms with Crippen molar-refractivity contribution in [1.29, 1.82) is 0 Å². The molecular formula is C9H13F6N. The number of hydrogen-bond acceptors (Lipinski definition) is 1. The molecule has 0 amide bonds. The van der Waals surface area contributed by atoms with Crippen molar-refractivity contribution >= 4 is 0 Å². The van der Waals surface area contributed by atoms with Crippen molar-refractivity contribution in [3.05, 3.63) is 0 Å². The smallest absolute Gasteiger partial charge is 0.300 e. The summed E-state index contributed by atoms with van der Waals surface area (Å²) in [6.45, 7) is 2.01. The first kappa shape index (κ1) is 13.6. The van der Waals surface area contributed by atoms with E-state index in [2.05, 4.69) is 0 Å². The van der Waals surface area contributed by atoms with Crippen LogP contribution in [-0.2, 0) is 0 Å². The number of likely N-dealkylation sites (tertiary alicyclic amines) is 1. The minimum absolute atomic E-state index is 0.170. The van der Waals surface area contributed by atoms with Gasteiger partial charge in [-0.1, -0.05) is 0 Å². The Labute approximate surface area is 89.4 Å². The summed E-state index contributed by atoms with van der Waals surface area (Å²) in [6.07, 6.45) is -11.4. The zero-order valence-corrected chi connectivity index (χ0v) is 8.91. The van der Waals surface area contributed by atoms with E-state index in [9.17, 15) is 26.3 Å². The molecule has 1 rings (SSSR count). The summed E-state index contributed by atoms with van der Waals surface area (Å²) in [5.41, 5.74) is -3.55. The lowest BCUT2D eigenvalue weighted by Gasteiger charge is -2.34. The SMILES string of the molecule is CC(C)N1CCC(C(F)(F)F)(C(F)(F)F)C1. The molecule has 0 unspecified atom stereocenters. The van der Waals surface area contributed by atoms with Gasteiger partial charge in [0.05, 0.1) is 0 Å². The average molecular weight is 249 g/mol. The quantitative estimate of drug-likeness (QED) is 0.645. The van der Waals surface area contributed by atoms with Crippen LogP contribution in [0.1, 0.15) is 20.3 Å². The molecule has 1 heterocycles. The Balaban J connectivity index is 3.03. The van der Waals surface area contributed by atoms with Gasteiger partial charge in [0.1, 0.15) is 0 Å². The van der Waals surface area contributed by atoms with Crippen LogP contribution in [0.3, 0.4) is 0 Å². The highest BCUT2D eigenvalue weighted by Gasteiger charge is 2.72. The van der Waals surface area contributed by atoms with Crippen LogP contribution in [0.2, 0.25) is 0 Å². The lowest BCUT2D eigenvalue weighted by molar-refractivity contribution is -0.335. The molecule has 16 heavy (non-hydrogen) atoms. The molecule has 1 aliphatic rings. The summed E-state index contributed by atoms with van der Waals surface area (Å²) in [5, 5.41) is 0. The molecule has 1 saturated heterocycles. The first-order valence-corrected chi connectivity index (χ1v) is 4.89. The summed E-state index contributed by atoms with van der Waals surface area (Å²) < 4.78 is 75.6. The Morgan fingerprint density at radius 3 is 1.62 bits per heavy atom. The van der Waals surface area contributed by atoms with Gasteiger partial charge in [-0.25, -0.2) is 0 Å². The van der Waals surface area contributed by atoms with Crippen LogP contribution in [-0.4, -0.2) is 36.4 Å². The summed E-state index contributed by atoms with van der Waals surface area (Å²) in [7, 11) is 0. The van der Waals surface area contributed by atoms with Gasteiger partial charge in [-0.15, -0.1) is 0 Å². The highest BCUT2D eigenvalue weighted by Crippen LogP contribution is 2.55. The van der Waals surface area contributed by atoms with Crippen molar-refractivity contribution in [2.24, 2.45) is 5.41 Å². The third kappa shape index (κ3) is 2.01. The van der Waals surface area contributed by atoms with Crippen LogP contribution < -0.4 is 0 Å². The second-order valence-corrected chi connectivity index (χ2v) is 4.39. The maximum atomic E-state index is 12.6. The standard InChI is InChI=1S/C9H13F6N/c1-6(2)16-4-3-7(5-16,8(10,11)12)9(13,14)15/h6H,3-5H2,1-2H3. The lowest BCUT2D eigenvalue weighted by Crippen LogP contribution is -2.52. The topological polar surface area (TPSA) is 3.24 Å². The lowest BCUT2D eigenvalue weighted by atomic mass is 9.85. The largest absolute Gasteiger partial charge is 0.404 e. The van der Waals surface area contributed by atoms with Crippen molar-refractivity contribution < 1.29 is 26.3 Å². The van der Waals surface area contributed by atoms with E-state index in [1.165, 1.54) is 4.90 Å². The molecule has 0 bridgehead atoms. The van der Waals surface area contributed by atoms with Crippen molar-refractivity contribution in [3.63, 3.8) is 0 Å². The summed E-state index contributed by atoms with van der Waals surface area (Å²) in [5.74, 6) is 0. The summed E-state index contributed by atoms with van der Waals surface area (Å²) in [4.78, 5) is 1.21. The van der Waals surface area contributed by atoms with Crippen molar-refractivity contribution in [1.82, 2.24) is 4.90 Å². The first-order valence-electron chi connectivity index (χ1n) is 4.89. The van der Waals surface area contributed by atoms with Crippen LogP contribution in [0, 0.1) is 5.41 Å². The molecule has 0 aromatic rings. The van der Waals surface area contributed by atoms with Crippen LogP contribution in [0.5, 0.6) is 0 Å². The Bertz CT molecular complexity index is 240. The van der Waals surface area contributed by atoms with Gasteiger partial charge in [-0.05, 0) is 26.8 Å².